The lowest BCUT2D eigenvalue weighted by Crippen LogP contribution is -2.41. The molecule has 0 atom stereocenters. The van der Waals surface area contributed by atoms with Crippen LogP contribution in [-0.2, 0) is 19.1 Å². The quantitative estimate of drug-likeness (QED) is 0.668. The summed E-state index contributed by atoms with van der Waals surface area (Å²) in [7, 11) is 0. The molecule has 0 aromatic carbocycles. The fourth-order valence-corrected chi connectivity index (χ4v) is 2.20. The van der Waals surface area contributed by atoms with Gasteiger partial charge in [-0.05, 0) is 12.8 Å². The lowest BCUT2D eigenvalue weighted by Gasteiger charge is -2.27. The molecule has 0 amide bonds. The molecule has 5 nitrogen and oxygen atoms in total. The van der Waals surface area contributed by atoms with E-state index in [0.29, 0.717) is 45.4 Å². The number of hydrogen-bond donors (Lipinski definition) is 0. The van der Waals surface area contributed by atoms with E-state index in [2.05, 4.69) is 0 Å². The number of nitrogens with zero attached hydrogens (tertiary/aromatic N) is 1. The highest BCUT2D eigenvalue weighted by Gasteiger charge is 2.23. The van der Waals surface area contributed by atoms with Crippen LogP contribution in [0.4, 0.5) is 0 Å². The van der Waals surface area contributed by atoms with Crippen LogP contribution in [0.25, 0.3) is 0 Å². The van der Waals surface area contributed by atoms with Crippen molar-refractivity contribution in [3.63, 3.8) is 0 Å². The number of Topliss-reactive ketones (excluding diaryl/α,β-unsaturated/α-hetero) is 1. The van der Waals surface area contributed by atoms with Gasteiger partial charge >= 0.3 is 5.97 Å². The van der Waals surface area contributed by atoms with Crippen LogP contribution >= 0.6 is 0 Å². The van der Waals surface area contributed by atoms with E-state index in [1.54, 1.807) is 0 Å². The zero-order chi connectivity index (χ0) is 12.1. The summed E-state index contributed by atoms with van der Waals surface area (Å²) in [5.41, 5.74) is 0. The maximum atomic E-state index is 11.7. The topological polar surface area (TPSA) is 55.8 Å². The fraction of sp³-hybridized carbons (Fsp3) is 0.833. The molecule has 2 fully saturated rings. The zero-order valence-corrected chi connectivity index (χ0v) is 10.0. The Morgan fingerprint density at radius 3 is 2.59 bits per heavy atom. The molecule has 0 aromatic rings. The van der Waals surface area contributed by atoms with Gasteiger partial charge in [0.25, 0.3) is 0 Å². The summed E-state index contributed by atoms with van der Waals surface area (Å²) < 4.78 is 10.6. The van der Waals surface area contributed by atoms with Crippen molar-refractivity contribution in [3.8, 4) is 0 Å². The Kier molecular flexibility index (Phi) is 4.50. The molecule has 1 aliphatic carbocycles. The number of rotatable bonds is 3. The van der Waals surface area contributed by atoms with Crippen molar-refractivity contribution in [2.75, 3.05) is 32.8 Å². The molecule has 0 unspecified atom stereocenters. The number of ether oxygens (including phenoxy) is 2. The molecule has 2 aliphatic rings. The van der Waals surface area contributed by atoms with Crippen LogP contribution in [0.3, 0.4) is 0 Å². The molecule has 1 saturated heterocycles. The number of esters is 1. The van der Waals surface area contributed by atoms with Gasteiger partial charge in [0.1, 0.15) is 11.9 Å². The molecule has 0 N–H and O–H groups in total. The van der Waals surface area contributed by atoms with Gasteiger partial charge in [0.2, 0.25) is 0 Å². The number of ketones is 1. The SMILES string of the molecule is O=C1CCC(OC(=O)CN2CCOCC2)CC1. The minimum atomic E-state index is -0.175. The van der Waals surface area contributed by atoms with Crippen LogP contribution in [0.15, 0.2) is 0 Å². The van der Waals surface area contributed by atoms with Crippen molar-refractivity contribution in [1.29, 1.82) is 0 Å². The van der Waals surface area contributed by atoms with Crippen molar-refractivity contribution in [1.82, 2.24) is 4.90 Å². The van der Waals surface area contributed by atoms with E-state index in [4.69, 9.17) is 9.47 Å². The Labute approximate surface area is 101 Å². The Morgan fingerprint density at radius 1 is 1.29 bits per heavy atom. The van der Waals surface area contributed by atoms with E-state index in [0.717, 1.165) is 13.1 Å². The van der Waals surface area contributed by atoms with Crippen molar-refractivity contribution < 1.29 is 19.1 Å². The van der Waals surface area contributed by atoms with Crippen molar-refractivity contribution >= 4 is 11.8 Å². The monoisotopic (exact) mass is 241 g/mol. The van der Waals surface area contributed by atoms with Gasteiger partial charge in [-0.2, -0.15) is 0 Å². The van der Waals surface area contributed by atoms with Gasteiger partial charge in [-0.15, -0.1) is 0 Å². The van der Waals surface area contributed by atoms with Gasteiger partial charge in [-0.1, -0.05) is 0 Å². The third-order valence-corrected chi connectivity index (χ3v) is 3.24. The highest BCUT2D eigenvalue weighted by molar-refractivity contribution is 5.79. The van der Waals surface area contributed by atoms with Crippen LogP contribution in [0.1, 0.15) is 25.7 Å². The minimum Gasteiger partial charge on any atom is -0.461 e. The van der Waals surface area contributed by atoms with Crippen molar-refractivity contribution in [3.05, 3.63) is 0 Å². The summed E-state index contributed by atoms with van der Waals surface area (Å²) in [5.74, 6) is 0.108. The molecule has 0 radical (unpaired) electrons. The lowest BCUT2D eigenvalue weighted by atomic mass is 9.96. The third kappa shape index (κ3) is 4.09. The van der Waals surface area contributed by atoms with Gasteiger partial charge in [0.15, 0.2) is 0 Å². The molecule has 0 bridgehead atoms. The van der Waals surface area contributed by atoms with E-state index in [1.165, 1.54) is 0 Å². The summed E-state index contributed by atoms with van der Waals surface area (Å²) in [4.78, 5) is 24.8. The summed E-state index contributed by atoms with van der Waals surface area (Å²) >= 11 is 0. The molecule has 5 heteroatoms. The summed E-state index contributed by atoms with van der Waals surface area (Å²) in [6, 6.07) is 0. The predicted octanol–water partition coefficient (Wildman–Crippen LogP) is 0.373. The van der Waals surface area contributed by atoms with Crippen LogP contribution in [0.5, 0.6) is 0 Å². The van der Waals surface area contributed by atoms with E-state index in [1.807, 2.05) is 4.90 Å². The highest BCUT2D eigenvalue weighted by Crippen LogP contribution is 2.18. The molecular weight excluding hydrogens is 222 g/mol. The molecule has 0 spiro atoms. The van der Waals surface area contributed by atoms with Gasteiger partial charge in [-0.3, -0.25) is 14.5 Å². The maximum absolute atomic E-state index is 11.7. The first kappa shape index (κ1) is 12.5. The second-order valence-electron chi connectivity index (χ2n) is 4.62. The number of hydrogen-bond acceptors (Lipinski definition) is 5. The van der Waals surface area contributed by atoms with Crippen LogP contribution in [0.2, 0.25) is 0 Å². The fourth-order valence-electron chi connectivity index (χ4n) is 2.20. The highest BCUT2D eigenvalue weighted by atomic mass is 16.5. The van der Waals surface area contributed by atoms with Crippen LogP contribution in [-0.4, -0.2) is 55.6 Å². The summed E-state index contributed by atoms with van der Waals surface area (Å²) in [6.45, 7) is 3.29. The van der Waals surface area contributed by atoms with E-state index < -0.39 is 0 Å². The predicted molar refractivity (Wildman–Crippen MR) is 60.6 cm³/mol. The number of carbonyl (C=O) groups excluding carboxylic acids is 2. The smallest absolute Gasteiger partial charge is 0.320 e. The lowest BCUT2D eigenvalue weighted by molar-refractivity contribution is -0.154. The summed E-state index contributed by atoms with van der Waals surface area (Å²) in [6.07, 6.45) is 2.42. The molecule has 2 rings (SSSR count). The molecule has 17 heavy (non-hydrogen) atoms. The second kappa shape index (κ2) is 6.12. The largest absolute Gasteiger partial charge is 0.461 e. The zero-order valence-electron chi connectivity index (χ0n) is 10.0. The number of carbonyl (C=O) groups is 2. The third-order valence-electron chi connectivity index (χ3n) is 3.24. The Morgan fingerprint density at radius 2 is 1.94 bits per heavy atom. The molecule has 0 aromatic heterocycles. The molecular formula is C12H19NO4. The van der Waals surface area contributed by atoms with Crippen molar-refractivity contribution in [2.24, 2.45) is 0 Å². The average Bonchev–Trinajstić information content (AvgIpc) is 2.33. The van der Waals surface area contributed by atoms with Crippen molar-refractivity contribution in [2.45, 2.75) is 31.8 Å². The Balaban J connectivity index is 1.67. The molecule has 1 heterocycles. The van der Waals surface area contributed by atoms with E-state index in [-0.39, 0.29) is 17.9 Å². The number of morpholine rings is 1. The first-order valence-electron chi connectivity index (χ1n) is 6.25. The van der Waals surface area contributed by atoms with E-state index in [9.17, 15) is 9.59 Å². The van der Waals surface area contributed by atoms with E-state index >= 15 is 0 Å². The molecule has 1 aliphatic heterocycles. The summed E-state index contributed by atoms with van der Waals surface area (Å²) in [5, 5.41) is 0. The van der Waals surface area contributed by atoms with Gasteiger partial charge in [0.05, 0.1) is 19.8 Å². The van der Waals surface area contributed by atoms with Crippen LogP contribution in [0, 0.1) is 0 Å². The average molecular weight is 241 g/mol. The molecule has 1 saturated carbocycles. The maximum Gasteiger partial charge on any atom is 0.320 e. The Hall–Kier alpha value is -0.940. The van der Waals surface area contributed by atoms with Crippen LogP contribution < -0.4 is 0 Å². The first-order chi connectivity index (χ1) is 8.24. The first-order valence-corrected chi connectivity index (χ1v) is 6.25. The van der Waals surface area contributed by atoms with Gasteiger partial charge in [0, 0.05) is 25.9 Å². The molecule has 96 valence electrons. The Bertz CT molecular complexity index is 276. The normalized spacial score (nSPS) is 23.6. The van der Waals surface area contributed by atoms with Gasteiger partial charge < -0.3 is 9.47 Å². The second-order valence-corrected chi connectivity index (χ2v) is 4.62. The van der Waals surface area contributed by atoms with Gasteiger partial charge in [-0.25, -0.2) is 0 Å². The minimum absolute atomic E-state index is 0.0544. The standard InChI is InChI=1S/C12H19NO4/c14-10-1-3-11(4-2-10)17-12(15)9-13-5-7-16-8-6-13/h11H,1-9H2.